The Bertz CT molecular complexity index is 335. The molecule has 0 bridgehead atoms. The van der Waals surface area contributed by atoms with Crippen LogP contribution >= 0.6 is 32.9 Å². The highest BCUT2D eigenvalue weighted by atomic mass is 79.9. The van der Waals surface area contributed by atoms with Gasteiger partial charge in [0.1, 0.15) is 0 Å². The molecule has 0 amide bonds. The van der Waals surface area contributed by atoms with Crippen molar-refractivity contribution in [1.82, 2.24) is 4.90 Å². The van der Waals surface area contributed by atoms with Gasteiger partial charge < -0.3 is 10.0 Å². The van der Waals surface area contributed by atoms with Crippen LogP contribution in [0.15, 0.2) is 28.7 Å². The molecule has 0 saturated carbocycles. The van der Waals surface area contributed by atoms with Crippen LogP contribution in [0.5, 0.6) is 0 Å². The molecular weight excluding hydrogens is 382 g/mol. The van der Waals surface area contributed by atoms with Crippen molar-refractivity contribution >= 4 is 32.9 Å². The van der Waals surface area contributed by atoms with Crippen molar-refractivity contribution in [2.45, 2.75) is 45.6 Å². The highest BCUT2D eigenvalue weighted by molar-refractivity contribution is 9.10. The fourth-order valence-corrected chi connectivity index (χ4v) is 2.36. The quantitative estimate of drug-likeness (QED) is 0.623. The minimum atomic E-state index is -0.387. The number of hydrogen-bond acceptors (Lipinski definition) is 2. The Morgan fingerprint density at radius 1 is 1.05 bits per heavy atom. The van der Waals surface area contributed by atoms with Gasteiger partial charge in [-0.05, 0) is 43.6 Å². The maximum absolute atomic E-state index is 10.3. The molecule has 0 radical (unpaired) electrons. The second-order valence-corrected chi connectivity index (χ2v) is 5.99. The smallest absolute Gasteiger partial charge is 0.0916 e. The summed E-state index contributed by atoms with van der Waals surface area (Å²) < 4.78 is 1.05. The fourth-order valence-electron chi connectivity index (χ4n) is 2.09. The zero-order valence-electron chi connectivity index (χ0n) is 12.5. The largest absolute Gasteiger partial charge is 0.387 e. The zero-order chi connectivity index (χ0) is 14.1. The summed E-state index contributed by atoms with van der Waals surface area (Å²) in [7, 11) is 0. The second-order valence-electron chi connectivity index (χ2n) is 5.08. The molecule has 0 fully saturated rings. The number of aliphatic hydroxyl groups is 1. The average molecular weight is 409 g/mol. The third-order valence-corrected chi connectivity index (χ3v) is 3.87. The van der Waals surface area contributed by atoms with Gasteiger partial charge in [0.2, 0.25) is 0 Å². The Hall–Kier alpha value is 0.100. The predicted octanol–water partition coefficient (Wildman–Crippen LogP) is 4.96. The third-order valence-electron chi connectivity index (χ3n) is 3.34. The zero-order valence-corrected chi connectivity index (χ0v) is 15.8. The van der Waals surface area contributed by atoms with Crippen molar-refractivity contribution in [3.05, 3.63) is 34.3 Å². The molecule has 20 heavy (non-hydrogen) atoms. The molecule has 0 aliphatic rings. The summed E-state index contributed by atoms with van der Waals surface area (Å²) in [6.45, 7) is 7.34. The van der Waals surface area contributed by atoms with Crippen molar-refractivity contribution in [1.29, 1.82) is 0 Å². The lowest BCUT2D eigenvalue weighted by molar-refractivity contribution is 0.111. The van der Waals surface area contributed by atoms with Gasteiger partial charge >= 0.3 is 0 Å². The molecule has 0 heterocycles. The van der Waals surface area contributed by atoms with Gasteiger partial charge in [0.15, 0.2) is 0 Å². The van der Waals surface area contributed by atoms with Crippen molar-refractivity contribution in [3.63, 3.8) is 0 Å². The molecule has 0 saturated heterocycles. The average Bonchev–Trinajstić information content (AvgIpc) is 2.42. The normalized spacial score (nSPS) is 12.2. The van der Waals surface area contributed by atoms with Crippen LogP contribution in [0.3, 0.4) is 0 Å². The lowest BCUT2D eigenvalue weighted by Gasteiger charge is -2.25. The van der Waals surface area contributed by atoms with Gasteiger partial charge in [0.25, 0.3) is 0 Å². The molecule has 1 aromatic rings. The van der Waals surface area contributed by atoms with Gasteiger partial charge in [-0.1, -0.05) is 54.8 Å². The molecule has 1 atom stereocenters. The van der Waals surface area contributed by atoms with E-state index in [1.165, 1.54) is 25.7 Å². The summed E-state index contributed by atoms with van der Waals surface area (Å²) in [5, 5.41) is 10.3. The molecule has 0 aliphatic heterocycles. The van der Waals surface area contributed by atoms with Crippen LogP contribution in [0.1, 0.15) is 51.2 Å². The minimum absolute atomic E-state index is 0. The first kappa shape index (κ1) is 20.1. The Balaban J connectivity index is 0.00000361. The van der Waals surface area contributed by atoms with E-state index < -0.39 is 0 Å². The predicted molar refractivity (Wildman–Crippen MR) is 95.7 cm³/mol. The lowest BCUT2D eigenvalue weighted by Crippen LogP contribution is -2.30. The van der Waals surface area contributed by atoms with Gasteiger partial charge in [-0.2, -0.15) is 0 Å². The molecular formula is C16H27Br2NO. The van der Waals surface area contributed by atoms with E-state index in [0.29, 0.717) is 0 Å². The highest BCUT2D eigenvalue weighted by Gasteiger charge is 2.12. The van der Waals surface area contributed by atoms with Gasteiger partial charge in [-0.15, -0.1) is 17.0 Å². The number of hydrogen-bond donors (Lipinski definition) is 1. The monoisotopic (exact) mass is 407 g/mol. The number of halogens is 2. The molecule has 1 rings (SSSR count). The summed E-state index contributed by atoms with van der Waals surface area (Å²) in [5.74, 6) is 0. The fraction of sp³-hybridized carbons (Fsp3) is 0.625. The van der Waals surface area contributed by atoms with Gasteiger partial charge in [0.05, 0.1) is 6.10 Å². The molecule has 1 N–H and O–H groups in total. The van der Waals surface area contributed by atoms with Crippen molar-refractivity contribution in [3.8, 4) is 0 Å². The third kappa shape index (κ3) is 7.77. The first-order chi connectivity index (χ1) is 9.17. The molecule has 0 spiro atoms. The van der Waals surface area contributed by atoms with Crippen molar-refractivity contribution in [2.24, 2.45) is 0 Å². The Labute approximate surface area is 142 Å². The van der Waals surface area contributed by atoms with Gasteiger partial charge in [-0.25, -0.2) is 0 Å². The standard InChI is InChI=1S/C16H26BrNO.BrH/c1-3-5-11-18(12-6-4-2)13-16(19)14-7-9-15(17)10-8-14;/h7-10,16,19H,3-6,11-13H2,1-2H3;1H. The van der Waals surface area contributed by atoms with E-state index in [1.54, 1.807) is 0 Å². The molecule has 2 nitrogen and oxygen atoms in total. The molecule has 116 valence electrons. The molecule has 1 aromatic carbocycles. The maximum Gasteiger partial charge on any atom is 0.0916 e. The van der Waals surface area contributed by atoms with Crippen LogP contribution in [-0.4, -0.2) is 29.6 Å². The van der Waals surface area contributed by atoms with E-state index >= 15 is 0 Å². The summed E-state index contributed by atoms with van der Waals surface area (Å²) in [6.07, 6.45) is 4.43. The molecule has 0 aromatic heterocycles. The SMILES string of the molecule is Br.CCCCN(CCCC)CC(O)c1ccc(Br)cc1. The number of nitrogens with zero attached hydrogens (tertiary/aromatic N) is 1. The van der Waals surface area contributed by atoms with Crippen LogP contribution in [0.2, 0.25) is 0 Å². The number of aliphatic hydroxyl groups excluding tert-OH is 1. The van der Waals surface area contributed by atoms with E-state index in [4.69, 9.17) is 0 Å². The van der Waals surface area contributed by atoms with Crippen molar-refractivity contribution < 1.29 is 5.11 Å². The lowest BCUT2D eigenvalue weighted by atomic mass is 10.1. The Morgan fingerprint density at radius 2 is 1.55 bits per heavy atom. The number of rotatable bonds is 9. The van der Waals surface area contributed by atoms with E-state index in [-0.39, 0.29) is 23.1 Å². The number of benzene rings is 1. The van der Waals surface area contributed by atoms with Gasteiger partial charge in [0, 0.05) is 11.0 Å². The maximum atomic E-state index is 10.3. The Morgan fingerprint density at radius 3 is 2.00 bits per heavy atom. The topological polar surface area (TPSA) is 23.5 Å². The van der Waals surface area contributed by atoms with Crippen LogP contribution < -0.4 is 0 Å². The second kappa shape index (κ2) is 11.7. The minimum Gasteiger partial charge on any atom is -0.387 e. The van der Waals surface area contributed by atoms with E-state index in [2.05, 4.69) is 34.7 Å². The van der Waals surface area contributed by atoms with E-state index in [0.717, 1.165) is 29.7 Å². The van der Waals surface area contributed by atoms with E-state index in [9.17, 15) is 5.11 Å². The molecule has 1 unspecified atom stereocenters. The molecule has 0 aliphatic carbocycles. The van der Waals surface area contributed by atoms with Crippen LogP contribution in [0, 0.1) is 0 Å². The summed E-state index contributed by atoms with van der Waals surface area (Å²) in [5.41, 5.74) is 1.00. The van der Waals surface area contributed by atoms with Crippen LogP contribution in [-0.2, 0) is 0 Å². The van der Waals surface area contributed by atoms with E-state index in [1.807, 2.05) is 24.3 Å². The molecule has 4 heteroatoms. The van der Waals surface area contributed by atoms with Crippen molar-refractivity contribution in [2.75, 3.05) is 19.6 Å². The van der Waals surface area contributed by atoms with Crippen LogP contribution in [0.25, 0.3) is 0 Å². The summed E-state index contributed by atoms with van der Waals surface area (Å²) in [4.78, 5) is 2.39. The summed E-state index contributed by atoms with van der Waals surface area (Å²) in [6, 6.07) is 7.96. The Kier molecular flexibility index (Phi) is 11.8. The first-order valence-electron chi connectivity index (χ1n) is 7.33. The van der Waals surface area contributed by atoms with Gasteiger partial charge in [-0.3, -0.25) is 0 Å². The number of unbranched alkanes of at least 4 members (excludes halogenated alkanes) is 2. The van der Waals surface area contributed by atoms with Crippen LogP contribution in [0.4, 0.5) is 0 Å². The highest BCUT2D eigenvalue weighted by Crippen LogP contribution is 2.18. The first-order valence-corrected chi connectivity index (χ1v) is 8.12. The summed E-state index contributed by atoms with van der Waals surface area (Å²) >= 11 is 3.42.